The fourth-order valence-electron chi connectivity index (χ4n) is 3.80. The van der Waals surface area contributed by atoms with Crippen molar-refractivity contribution in [2.24, 2.45) is 0 Å². The Balaban J connectivity index is 1.78. The van der Waals surface area contributed by atoms with E-state index in [0.717, 1.165) is 22.9 Å². The summed E-state index contributed by atoms with van der Waals surface area (Å²) in [5.41, 5.74) is 2.90. The molecule has 7 heteroatoms. The summed E-state index contributed by atoms with van der Waals surface area (Å²) in [6.07, 6.45) is 1.84. The van der Waals surface area contributed by atoms with Crippen LogP contribution in [0.5, 0.6) is 5.75 Å². The molecule has 1 fully saturated rings. The van der Waals surface area contributed by atoms with Gasteiger partial charge < -0.3 is 9.64 Å². The number of ether oxygens (including phenoxy) is 1. The van der Waals surface area contributed by atoms with Crippen molar-refractivity contribution in [3.8, 4) is 16.9 Å². The molecule has 0 saturated carbocycles. The molecule has 2 aromatic carbocycles. The van der Waals surface area contributed by atoms with Crippen molar-refractivity contribution in [1.29, 1.82) is 0 Å². The van der Waals surface area contributed by atoms with Crippen molar-refractivity contribution in [3.05, 3.63) is 54.1 Å². The van der Waals surface area contributed by atoms with Crippen LogP contribution in [0.25, 0.3) is 11.1 Å². The zero-order chi connectivity index (χ0) is 18.3. The standard InChI is InChI=1S/C19H20N2O4S/c1-26(23,24)20-16-9-10-21-17(16)12-13-5-4-6-14(11-13)15-7-2-3-8-18(15)25-19(21)22/h2-8,11,16-17,20H,9-10,12H2,1H3. The maximum absolute atomic E-state index is 12.8. The van der Waals surface area contributed by atoms with E-state index in [9.17, 15) is 13.2 Å². The highest BCUT2D eigenvalue weighted by Crippen LogP contribution is 2.34. The lowest BCUT2D eigenvalue weighted by Gasteiger charge is -2.29. The first-order valence-electron chi connectivity index (χ1n) is 8.55. The Kier molecular flexibility index (Phi) is 4.20. The first kappa shape index (κ1) is 17.1. The maximum Gasteiger partial charge on any atom is 0.415 e. The molecular formula is C19H20N2O4S. The van der Waals surface area contributed by atoms with Crippen molar-refractivity contribution in [2.75, 3.05) is 12.8 Å². The fourth-order valence-corrected chi connectivity index (χ4v) is 4.62. The molecule has 2 aromatic rings. The molecule has 6 nitrogen and oxygen atoms in total. The summed E-state index contributed by atoms with van der Waals surface area (Å²) in [6, 6.07) is 14.9. The third kappa shape index (κ3) is 3.32. The van der Waals surface area contributed by atoms with Gasteiger partial charge >= 0.3 is 6.09 Å². The van der Waals surface area contributed by atoms with Crippen LogP contribution in [0.15, 0.2) is 48.5 Å². The van der Waals surface area contributed by atoms with E-state index in [4.69, 9.17) is 4.74 Å². The van der Waals surface area contributed by atoms with Crippen molar-refractivity contribution >= 4 is 16.1 Å². The van der Waals surface area contributed by atoms with Crippen LogP contribution in [0.1, 0.15) is 12.0 Å². The fraction of sp³-hybridized carbons (Fsp3) is 0.316. The summed E-state index contributed by atoms with van der Waals surface area (Å²) in [7, 11) is -3.36. The third-order valence-corrected chi connectivity index (χ3v) is 5.64. The number of sulfonamides is 1. The number of benzene rings is 2. The van der Waals surface area contributed by atoms with E-state index in [-0.39, 0.29) is 12.1 Å². The lowest BCUT2D eigenvalue weighted by molar-refractivity contribution is 0.144. The Bertz CT molecular complexity index is 958. The SMILES string of the molecule is CS(=O)(=O)NC1CCN2C(=O)Oc3ccccc3-c3cccc(c3)CC12. The second kappa shape index (κ2) is 6.41. The van der Waals surface area contributed by atoms with Crippen molar-refractivity contribution < 1.29 is 17.9 Å². The highest BCUT2D eigenvalue weighted by Gasteiger charge is 2.40. The van der Waals surface area contributed by atoms with Crippen LogP contribution in [0, 0.1) is 0 Å². The minimum atomic E-state index is -3.36. The van der Waals surface area contributed by atoms with Gasteiger partial charge in [-0.25, -0.2) is 17.9 Å². The van der Waals surface area contributed by atoms with Gasteiger partial charge in [0, 0.05) is 18.2 Å². The van der Waals surface area contributed by atoms with Gasteiger partial charge in [0.25, 0.3) is 0 Å². The number of nitrogens with zero attached hydrogens (tertiary/aromatic N) is 1. The highest BCUT2D eigenvalue weighted by atomic mass is 32.2. The molecule has 26 heavy (non-hydrogen) atoms. The quantitative estimate of drug-likeness (QED) is 0.878. The molecule has 4 rings (SSSR count). The number of para-hydroxylation sites is 1. The van der Waals surface area contributed by atoms with E-state index in [1.807, 2.05) is 36.4 Å². The minimum Gasteiger partial charge on any atom is -0.410 e. The topological polar surface area (TPSA) is 75.7 Å². The van der Waals surface area contributed by atoms with Gasteiger partial charge in [0.05, 0.1) is 12.3 Å². The van der Waals surface area contributed by atoms with Crippen LogP contribution in [0.4, 0.5) is 4.79 Å². The van der Waals surface area contributed by atoms with Crippen LogP contribution in [-0.4, -0.2) is 44.3 Å². The summed E-state index contributed by atoms with van der Waals surface area (Å²) in [5.74, 6) is 0.509. The molecule has 136 valence electrons. The van der Waals surface area contributed by atoms with Gasteiger partial charge in [-0.15, -0.1) is 0 Å². The molecule has 0 spiro atoms. The number of rotatable bonds is 2. The molecular weight excluding hydrogens is 352 g/mol. The summed E-state index contributed by atoms with van der Waals surface area (Å²) in [6.45, 7) is 0.457. The molecule has 0 aromatic heterocycles. The Hall–Kier alpha value is -2.38. The number of carbonyl (C=O) groups excluding carboxylic acids is 1. The number of amides is 1. The average molecular weight is 372 g/mol. The molecule has 0 aliphatic carbocycles. The van der Waals surface area contributed by atoms with Crippen molar-refractivity contribution in [1.82, 2.24) is 9.62 Å². The Labute approximate surface area is 152 Å². The van der Waals surface area contributed by atoms with Gasteiger partial charge in [0.2, 0.25) is 10.0 Å². The lowest BCUT2D eigenvalue weighted by atomic mass is 9.96. The van der Waals surface area contributed by atoms with Gasteiger partial charge in [-0.3, -0.25) is 0 Å². The molecule has 2 atom stereocenters. The van der Waals surface area contributed by atoms with E-state index in [0.29, 0.717) is 25.1 Å². The predicted octanol–water partition coefficient (Wildman–Crippen LogP) is 2.40. The smallest absolute Gasteiger partial charge is 0.410 e. The van der Waals surface area contributed by atoms with E-state index >= 15 is 0 Å². The van der Waals surface area contributed by atoms with Crippen molar-refractivity contribution in [2.45, 2.75) is 24.9 Å². The van der Waals surface area contributed by atoms with Crippen LogP contribution >= 0.6 is 0 Å². The van der Waals surface area contributed by atoms with Gasteiger partial charge in [-0.1, -0.05) is 42.5 Å². The number of fused-ring (bicyclic) bond motifs is 5. The zero-order valence-corrected chi connectivity index (χ0v) is 15.2. The Morgan fingerprint density at radius 3 is 2.77 bits per heavy atom. The molecule has 2 unspecified atom stereocenters. The molecule has 1 amide bonds. The normalized spacial score (nSPS) is 22.3. The summed E-state index contributed by atoms with van der Waals surface area (Å²) in [5, 5.41) is 0. The first-order valence-corrected chi connectivity index (χ1v) is 10.4. The second-order valence-corrected chi connectivity index (χ2v) is 8.59. The number of hydrogen-bond acceptors (Lipinski definition) is 4. The number of hydrogen-bond donors (Lipinski definition) is 1. The molecule has 2 heterocycles. The second-order valence-electron chi connectivity index (χ2n) is 6.81. The Morgan fingerprint density at radius 1 is 1.15 bits per heavy atom. The van der Waals surface area contributed by atoms with Crippen LogP contribution in [-0.2, 0) is 16.4 Å². The average Bonchev–Trinajstić information content (AvgIpc) is 2.96. The van der Waals surface area contributed by atoms with Gasteiger partial charge in [0.1, 0.15) is 5.75 Å². The molecule has 1 saturated heterocycles. The first-order chi connectivity index (χ1) is 12.4. The van der Waals surface area contributed by atoms with E-state index in [1.54, 1.807) is 11.0 Å². The maximum atomic E-state index is 12.8. The van der Waals surface area contributed by atoms with E-state index in [1.165, 1.54) is 0 Å². The highest BCUT2D eigenvalue weighted by molar-refractivity contribution is 7.88. The minimum absolute atomic E-state index is 0.280. The van der Waals surface area contributed by atoms with Crippen LogP contribution < -0.4 is 9.46 Å². The summed E-state index contributed by atoms with van der Waals surface area (Å²) >= 11 is 0. The summed E-state index contributed by atoms with van der Waals surface area (Å²) < 4.78 is 31.8. The van der Waals surface area contributed by atoms with Gasteiger partial charge in [0.15, 0.2) is 0 Å². The largest absolute Gasteiger partial charge is 0.415 e. The van der Waals surface area contributed by atoms with E-state index < -0.39 is 16.1 Å². The molecule has 2 bridgehead atoms. The van der Waals surface area contributed by atoms with Crippen molar-refractivity contribution in [3.63, 3.8) is 0 Å². The molecule has 1 N–H and O–H groups in total. The number of nitrogens with one attached hydrogen (secondary N) is 1. The van der Waals surface area contributed by atoms with Gasteiger partial charge in [-0.2, -0.15) is 0 Å². The van der Waals surface area contributed by atoms with Crippen LogP contribution in [0.2, 0.25) is 0 Å². The number of carbonyl (C=O) groups is 1. The molecule has 2 aliphatic rings. The summed E-state index contributed by atoms with van der Waals surface area (Å²) in [4.78, 5) is 14.4. The van der Waals surface area contributed by atoms with E-state index in [2.05, 4.69) is 10.8 Å². The monoisotopic (exact) mass is 372 g/mol. The van der Waals surface area contributed by atoms with Crippen LogP contribution in [0.3, 0.4) is 0 Å². The molecule has 0 radical (unpaired) electrons. The lowest BCUT2D eigenvalue weighted by Crippen LogP contribution is -2.48. The molecule has 2 aliphatic heterocycles. The third-order valence-electron chi connectivity index (χ3n) is 4.91. The Morgan fingerprint density at radius 2 is 1.96 bits per heavy atom. The van der Waals surface area contributed by atoms with Gasteiger partial charge in [-0.05, 0) is 30.0 Å². The zero-order valence-electron chi connectivity index (χ0n) is 14.4. The predicted molar refractivity (Wildman–Crippen MR) is 98.5 cm³/mol.